The van der Waals surface area contributed by atoms with Gasteiger partial charge in [-0.25, -0.2) is 4.68 Å². The van der Waals surface area contributed by atoms with Gasteiger partial charge in [0.2, 0.25) is 5.91 Å². The van der Waals surface area contributed by atoms with E-state index in [9.17, 15) is 4.79 Å². The monoisotopic (exact) mass is 371 g/mol. The molecule has 26 heavy (non-hydrogen) atoms. The van der Waals surface area contributed by atoms with E-state index < -0.39 is 0 Å². The van der Waals surface area contributed by atoms with Crippen molar-refractivity contribution in [3.63, 3.8) is 0 Å². The molecule has 1 atom stereocenters. The number of nitrogens with two attached hydrogens (primary N) is 1. The van der Waals surface area contributed by atoms with Gasteiger partial charge in [0.05, 0.1) is 6.67 Å². The lowest BCUT2D eigenvalue weighted by molar-refractivity contribution is -0.118. The molecule has 7 heteroatoms. The number of aryl methyl sites for hydroxylation is 2. The summed E-state index contributed by atoms with van der Waals surface area (Å²) in [6.07, 6.45) is 5.60. The van der Waals surface area contributed by atoms with E-state index in [1.807, 2.05) is 16.3 Å². The average molecular weight is 372 g/mol. The summed E-state index contributed by atoms with van der Waals surface area (Å²) in [5.41, 5.74) is 8.20. The Morgan fingerprint density at radius 2 is 2.12 bits per heavy atom. The Balaban J connectivity index is 1.58. The van der Waals surface area contributed by atoms with Gasteiger partial charge >= 0.3 is 0 Å². The van der Waals surface area contributed by atoms with Crippen LogP contribution in [-0.4, -0.2) is 31.2 Å². The first-order chi connectivity index (χ1) is 12.5. The van der Waals surface area contributed by atoms with Gasteiger partial charge in [0, 0.05) is 32.0 Å². The number of benzene rings is 1. The maximum Gasteiger partial charge on any atom is 0.217 e. The molecule has 0 bridgehead atoms. The number of carbonyl (C=O) groups is 1. The van der Waals surface area contributed by atoms with Crippen LogP contribution in [0, 0.1) is 4.77 Å². The molecule has 138 valence electrons. The molecule has 0 radical (unpaired) electrons. The molecule has 1 fully saturated rings. The topological polar surface area (TPSA) is 69.1 Å². The zero-order valence-corrected chi connectivity index (χ0v) is 15.9. The van der Waals surface area contributed by atoms with Crippen LogP contribution in [0.2, 0.25) is 0 Å². The number of fused-ring (bicyclic) bond motifs is 1. The number of nitrogens with zero attached hydrogens (tertiary/aromatic N) is 4. The molecule has 0 spiro atoms. The van der Waals surface area contributed by atoms with Gasteiger partial charge in [0.1, 0.15) is 5.82 Å². The number of aromatic nitrogens is 3. The summed E-state index contributed by atoms with van der Waals surface area (Å²) in [7, 11) is 1.91. The Morgan fingerprint density at radius 1 is 1.35 bits per heavy atom. The second-order valence-corrected chi connectivity index (χ2v) is 7.73. The van der Waals surface area contributed by atoms with Crippen LogP contribution in [0.25, 0.3) is 0 Å². The predicted molar refractivity (Wildman–Crippen MR) is 102 cm³/mol. The molecule has 1 aromatic heterocycles. The smallest absolute Gasteiger partial charge is 0.217 e. The fourth-order valence-corrected chi connectivity index (χ4v) is 4.19. The number of rotatable bonds is 7. The maximum absolute atomic E-state index is 11.1. The van der Waals surface area contributed by atoms with Gasteiger partial charge in [0.25, 0.3) is 0 Å². The summed E-state index contributed by atoms with van der Waals surface area (Å²) in [6, 6.07) is 9.83. The number of carbonyl (C=O) groups excluding carboxylic acids is 1. The molecule has 1 aromatic carbocycles. The maximum atomic E-state index is 11.1. The van der Waals surface area contributed by atoms with Crippen molar-refractivity contribution in [2.24, 2.45) is 12.8 Å². The minimum atomic E-state index is -0.312. The lowest BCUT2D eigenvalue weighted by atomic mass is 10.1. The molecular weight excluding hydrogens is 346 g/mol. The van der Waals surface area contributed by atoms with E-state index in [0.717, 1.165) is 18.7 Å². The zero-order chi connectivity index (χ0) is 18.3. The summed E-state index contributed by atoms with van der Waals surface area (Å²) >= 11 is 5.59. The molecule has 2 aromatic rings. The summed E-state index contributed by atoms with van der Waals surface area (Å²) in [5.74, 6) is 0.504. The van der Waals surface area contributed by atoms with E-state index >= 15 is 0 Å². The lowest BCUT2D eigenvalue weighted by Gasteiger charge is -2.29. The van der Waals surface area contributed by atoms with Gasteiger partial charge in [-0.1, -0.05) is 24.3 Å². The highest BCUT2D eigenvalue weighted by atomic mass is 32.1. The molecular formula is C19H25N5OS. The van der Waals surface area contributed by atoms with Gasteiger partial charge in [0.15, 0.2) is 4.77 Å². The normalized spacial score (nSPS) is 19.1. The Labute approximate surface area is 158 Å². The first kappa shape index (κ1) is 17.4. The van der Waals surface area contributed by atoms with E-state index in [4.69, 9.17) is 18.0 Å². The first-order valence-electron chi connectivity index (χ1n) is 9.29. The van der Waals surface area contributed by atoms with E-state index in [0.29, 0.717) is 36.4 Å². The average Bonchev–Trinajstić information content (AvgIpc) is 3.33. The third kappa shape index (κ3) is 3.33. The molecule has 0 aliphatic heterocycles. The minimum Gasteiger partial charge on any atom is -0.370 e. The van der Waals surface area contributed by atoms with Gasteiger partial charge < -0.3 is 10.3 Å². The van der Waals surface area contributed by atoms with Crippen molar-refractivity contribution >= 4 is 18.1 Å². The van der Waals surface area contributed by atoms with Crippen molar-refractivity contribution in [2.75, 3.05) is 0 Å². The number of amides is 1. The predicted octanol–water partition coefficient (Wildman–Crippen LogP) is 2.48. The van der Waals surface area contributed by atoms with Crippen LogP contribution < -0.4 is 5.73 Å². The third-order valence-electron chi connectivity index (χ3n) is 5.54. The Morgan fingerprint density at radius 3 is 2.85 bits per heavy atom. The molecule has 1 heterocycles. The quantitative estimate of drug-likeness (QED) is 0.759. The van der Waals surface area contributed by atoms with Crippen LogP contribution in [0.4, 0.5) is 0 Å². The molecule has 1 saturated carbocycles. The van der Waals surface area contributed by atoms with Gasteiger partial charge in [-0.15, -0.1) is 0 Å². The molecule has 4 rings (SSSR count). The Kier molecular flexibility index (Phi) is 4.67. The summed E-state index contributed by atoms with van der Waals surface area (Å²) < 4.78 is 4.50. The van der Waals surface area contributed by atoms with Crippen molar-refractivity contribution in [1.82, 2.24) is 19.2 Å². The summed E-state index contributed by atoms with van der Waals surface area (Å²) in [6.45, 7) is 0.701. The second kappa shape index (κ2) is 6.96. The third-order valence-corrected chi connectivity index (χ3v) is 6.03. The lowest BCUT2D eigenvalue weighted by Crippen LogP contribution is -2.32. The SMILES string of the molecule is Cn1c(CCC(N)=O)nn(CN(C2CC2)[C@H]2CCc3ccccc32)c1=S. The standard InChI is InChI=1S/C19H25N5OS/c1-22-18(11-10-17(20)25)21-24(19(22)26)12-23(14-7-8-14)16-9-6-13-4-2-3-5-15(13)16/h2-5,14,16H,6-12H2,1H3,(H2,20,25)/t16-/m0/s1. The molecule has 1 amide bonds. The Bertz CT molecular complexity index is 882. The van der Waals surface area contributed by atoms with Crippen LogP contribution in [-0.2, 0) is 31.4 Å². The van der Waals surface area contributed by atoms with Crippen LogP contribution in [0.5, 0.6) is 0 Å². The fourth-order valence-electron chi connectivity index (χ4n) is 3.99. The first-order valence-corrected chi connectivity index (χ1v) is 9.70. The van der Waals surface area contributed by atoms with Gasteiger partial charge in [-0.2, -0.15) is 5.10 Å². The van der Waals surface area contributed by atoms with Crippen molar-refractivity contribution < 1.29 is 4.79 Å². The largest absolute Gasteiger partial charge is 0.370 e. The van der Waals surface area contributed by atoms with Crippen LogP contribution in [0.15, 0.2) is 24.3 Å². The molecule has 2 aliphatic rings. The van der Waals surface area contributed by atoms with Gasteiger partial charge in [-0.3, -0.25) is 9.69 Å². The van der Waals surface area contributed by atoms with E-state index in [1.54, 1.807) is 0 Å². The Hall–Kier alpha value is -1.99. The molecule has 6 nitrogen and oxygen atoms in total. The number of primary amides is 1. The number of hydrogen-bond donors (Lipinski definition) is 1. The van der Waals surface area contributed by atoms with Crippen LogP contribution >= 0.6 is 12.2 Å². The summed E-state index contributed by atoms with van der Waals surface area (Å²) in [4.78, 5) is 13.6. The van der Waals surface area contributed by atoms with E-state index in [2.05, 4.69) is 34.3 Å². The minimum absolute atomic E-state index is 0.294. The van der Waals surface area contributed by atoms with Crippen molar-refractivity contribution in [3.05, 3.63) is 46.0 Å². The summed E-state index contributed by atoms with van der Waals surface area (Å²) in [5, 5.41) is 4.68. The molecule has 2 N–H and O–H groups in total. The fraction of sp³-hybridized carbons (Fsp3) is 0.526. The molecule has 0 unspecified atom stereocenters. The number of hydrogen-bond acceptors (Lipinski definition) is 4. The van der Waals surface area contributed by atoms with E-state index in [-0.39, 0.29) is 5.91 Å². The van der Waals surface area contributed by atoms with Crippen LogP contribution in [0.3, 0.4) is 0 Å². The zero-order valence-electron chi connectivity index (χ0n) is 15.1. The molecule has 2 aliphatic carbocycles. The van der Waals surface area contributed by atoms with E-state index in [1.165, 1.54) is 24.0 Å². The van der Waals surface area contributed by atoms with Crippen molar-refractivity contribution in [1.29, 1.82) is 0 Å². The highest BCUT2D eigenvalue weighted by Crippen LogP contribution is 2.41. The highest BCUT2D eigenvalue weighted by Gasteiger charge is 2.37. The van der Waals surface area contributed by atoms with Crippen LogP contribution in [0.1, 0.15) is 48.7 Å². The van der Waals surface area contributed by atoms with Crippen molar-refractivity contribution in [2.45, 2.75) is 57.3 Å². The van der Waals surface area contributed by atoms with Crippen molar-refractivity contribution in [3.8, 4) is 0 Å². The molecule has 0 saturated heterocycles. The van der Waals surface area contributed by atoms with Gasteiger partial charge in [-0.05, 0) is 49.0 Å². The second-order valence-electron chi connectivity index (χ2n) is 7.36. The highest BCUT2D eigenvalue weighted by molar-refractivity contribution is 7.71.